The molecule has 84 valence electrons. The van der Waals surface area contributed by atoms with Crippen LogP contribution in [0.3, 0.4) is 0 Å². The lowest BCUT2D eigenvalue weighted by Crippen LogP contribution is -2.29. The maximum atomic E-state index is 5.52. The summed E-state index contributed by atoms with van der Waals surface area (Å²) in [6.45, 7) is 2.15. The van der Waals surface area contributed by atoms with Gasteiger partial charge in [-0.2, -0.15) is 11.8 Å². The van der Waals surface area contributed by atoms with E-state index in [2.05, 4.69) is 12.3 Å². The van der Waals surface area contributed by atoms with Gasteiger partial charge >= 0.3 is 0 Å². The van der Waals surface area contributed by atoms with E-state index >= 15 is 0 Å². The van der Waals surface area contributed by atoms with E-state index in [0.29, 0.717) is 0 Å². The SMILES string of the molecule is CCSCC(NN)c1ccc(OC)cc1. The number of hydrogen-bond donors (Lipinski definition) is 2. The first-order valence-electron chi connectivity index (χ1n) is 4.99. The largest absolute Gasteiger partial charge is 0.497 e. The zero-order valence-corrected chi connectivity index (χ0v) is 10.0. The molecule has 0 heterocycles. The van der Waals surface area contributed by atoms with E-state index in [-0.39, 0.29) is 6.04 Å². The minimum atomic E-state index is 0.209. The Labute approximate surface area is 95.4 Å². The van der Waals surface area contributed by atoms with Gasteiger partial charge in [0.2, 0.25) is 0 Å². The minimum Gasteiger partial charge on any atom is -0.497 e. The van der Waals surface area contributed by atoms with Gasteiger partial charge in [-0.15, -0.1) is 0 Å². The number of benzene rings is 1. The molecule has 3 N–H and O–H groups in total. The monoisotopic (exact) mass is 226 g/mol. The zero-order valence-electron chi connectivity index (χ0n) is 9.19. The molecule has 0 aliphatic rings. The molecule has 0 aliphatic heterocycles. The summed E-state index contributed by atoms with van der Waals surface area (Å²) in [5.41, 5.74) is 4.02. The second-order valence-electron chi connectivity index (χ2n) is 3.15. The fraction of sp³-hybridized carbons (Fsp3) is 0.455. The molecule has 15 heavy (non-hydrogen) atoms. The highest BCUT2D eigenvalue weighted by Crippen LogP contribution is 2.20. The third kappa shape index (κ3) is 3.74. The van der Waals surface area contributed by atoms with Crippen LogP contribution < -0.4 is 16.0 Å². The minimum absolute atomic E-state index is 0.209. The Kier molecular flexibility index (Phi) is 5.53. The van der Waals surface area contributed by atoms with Gasteiger partial charge in [-0.3, -0.25) is 11.3 Å². The fourth-order valence-corrected chi connectivity index (χ4v) is 2.07. The summed E-state index contributed by atoms with van der Waals surface area (Å²) in [6.07, 6.45) is 0. The average Bonchev–Trinajstić information content (AvgIpc) is 2.31. The predicted octanol–water partition coefficient (Wildman–Crippen LogP) is 1.95. The van der Waals surface area contributed by atoms with Crippen molar-refractivity contribution in [3.63, 3.8) is 0 Å². The molecule has 3 nitrogen and oxygen atoms in total. The van der Waals surface area contributed by atoms with Crippen molar-refractivity contribution in [2.45, 2.75) is 13.0 Å². The van der Waals surface area contributed by atoms with Crippen LogP contribution >= 0.6 is 11.8 Å². The molecule has 0 radical (unpaired) electrons. The van der Waals surface area contributed by atoms with Crippen molar-refractivity contribution in [2.75, 3.05) is 18.6 Å². The number of hydrogen-bond acceptors (Lipinski definition) is 4. The smallest absolute Gasteiger partial charge is 0.118 e. The molecule has 0 saturated heterocycles. The van der Waals surface area contributed by atoms with Gasteiger partial charge in [0.15, 0.2) is 0 Å². The Bertz CT molecular complexity index is 276. The molecule has 4 heteroatoms. The Hall–Kier alpha value is -0.710. The van der Waals surface area contributed by atoms with Crippen molar-refractivity contribution < 1.29 is 4.74 Å². The second kappa shape index (κ2) is 6.71. The first kappa shape index (κ1) is 12.4. The highest BCUT2D eigenvalue weighted by Gasteiger charge is 2.08. The van der Waals surface area contributed by atoms with Crippen molar-refractivity contribution in [2.24, 2.45) is 5.84 Å². The zero-order chi connectivity index (χ0) is 11.1. The van der Waals surface area contributed by atoms with Crippen LogP contribution in [0.5, 0.6) is 5.75 Å². The topological polar surface area (TPSA) is 47.3 Å². The maximum Gasteiger partial charge on any atom is 0.118 e. The summed E-state index contributed by atoms with van der Waals surface area (Å²) >= 11 is 1.87. The highest BCUT2D eigenvalue weighted by atomic mass is 32.2. The van der Waals surface area contributed by atoms with Gasteiger partial charge in [0.1, 0.15) is 5.75 Å². The normalized spacial score (nSPS) is 12.5. The van der Waals surface area contributed by atoms with Gasteiger partial charge in [0, 0.05) is 5.75 Å². The van der Waals surface area contributed by atoms with Gasteiger partial charge < -0.3 is 4.74 Å². The van der Waals surface area contributed by atoms with Gasteiger partial charge in [-0.25, -0.2) is 0 Å². The molecule has 1 aromatic carbocycles. The Balaban J connectivity index is 2.65. The molecule has 0 aliphatic carbocycles. The number of nitrogens with one attached hydrogen (secondary N) is 1. The van der Waals surface area contributed by atoms with Crippen molar-refractivity contribution in [3.05, 3.63) is 29.8 Å². The summed E-state index contributed by atoms with van der Waals surface area (Å²) in [5.74, 6) is 8.49. The van der Waals surface area contributed by atoms with E-state index in [9.17, 15) is 0 Å². The summed E-state index contributed by atoms with van der Waals surface area (Å²) in [4.78, 5) is 0. The number of thioether (sulfide) groups is 1. The van der Waals surface area contributed by atoms with Gasteiger partial charge in [-0.05, 0) is 23.4 Å². The summed E-state index contributed by atoms with van der Waals surface area (Å²) < 4.78 is 5.11. The number of ether oxygens (including phenoxy) is 1. The van der Waals surface area contributed by atoms with Crippen LogP contribution in [-0.2, 0) is 0 Å². The van der Waals surface area contributed by atoms with E-state index in [1.807, 2.05) is 36.0 Å². The lowest BCUT2D eigenvalue weighted by atomic mass is 10.1. The van der Waals surface area contributed by atoms with E-state index in [1.54, 1.807) is 7.11 Å². The van der Waals surface area contributed by atoms with Crippen LogP contribution in [0.15, 0.2) is 24.3 Å². The number of nitrogens with two attached hydrogens (primary N) is 1. The third-order valence-corrected chi connectivity index (χ3v) is 3.19. The van der Waals surface area contributed by atoms with Crippen LogP contribution in [0, 0.1) is 0 Å². The van der Waals surface area contributed by atoms with Crippen molar-refractivity contribution in [1.82, 2.24) is 5.43 Å². The molecule has 1 aromatic rings. The molecular weight excluding hydrogens is 208 g/mol. The second-order valence-corrected chi connectivity index (χ2v) is 4.47. The number of methoxy groups -OCH3 is 1. The van der Waals surface area contributed by atoms with Crippen molar-refractivity contribution in [1.29, 1.82) is 0 Å². The van der Waals surface area contributed by atoms with Crippen molar-refractivity contribution >= 4 is 11.8 Å². The lowest BCUT2D eigenvalue weighted by Gasteiger charge is -2.15. The van der Waals surface area contributed by atoms with E-state index in [1.165, 1.54) is 5.56 Å². The lowest BCUT2D eigenvalue weighted by molar-refractivity contribution is 0.414. The van der Waals surface area contributed by atoms with Crippen molar-refractivity contribution in [3.8, 4) is 5.75 Å². The molecule has 1 atom stereocenters. The van der Waals surface area contributed by atoms with Crippen LogP contribution in [0.1, 0.15) is 18.5 Å². The van der Waals surface area contributed by atoms with Crippen LogP contribution in [-0.4, -0.2) is 18.6 Å². The Morgan fingerprint density at radius 1 is 1.40 bits per heavy atom. The van der Waals surface area contributed by atoms with E-state index in [4.69, 9.17) is 10.6 Å². The molecule has 0 amide bonds. The fourth-order valence-electron chi connectivity index (χ4n) is 1.31. The standard InChI is InChI=1S/C11H18N2OS/c1-3-15-8-11(13-12)9-4-6-10(14-2)7-5-9/h4-7,11,13H,3,8,12H2,1-2H3. The number of hydrazine groups is 1. The van der Waals surface area contributed by atoms with Crippen LogP contribution in [0.4, 0.5) is 0 Å². The molecule has 1 unspecified atom stereocenters. The summed E-state index contributed by atoms with van der Waals surface area (Å²) in [6, 6.07) is 8.20. The third-order valence-electron chi connectivity index (χ3n) is 2.21. The van der Waals surface area contributed by atoms with Crippen LogP contribution in [0.2, 0.25) is 0 Å². The summed E-state index contributed by atoms with van der Waals surface area (Å²) in [5, 5.41) is 0. The Morgan fingerprint density at radius 2 is 2.07 bits per heavy atom. The molecular formula is C11H18N2OS. The summed E-state index contributed by atoms with van der Waals surface area (Å²) in [7, 11) is 1.67. The molecule has 0 fully saturated rings. The van der Waals surface area contributed by atoms with Gasteiger partial charge in [0.05, 0.1) is 13.2 Å². The molecule has 0 saturated carbocycles. The molecule has 0 spiro atoms. The van der Waals surface area contributed by atoms with Gasteiger partial charge in [-0.1, -0.05) is 19.1 Å². The number of rotatable bonds is 6. The predicted molar refractivity (Wildman–Crippen MR) is 66.1 cm³/mol. The first-order chi connectivity index (χ1) is 7.31. The van der Waals surface area contributed by atoms with Gasteiger partial charge in [0.25, 0.3) is 0 Å². The molecule has 0 aromatic heterocycles. The Morgan fingerprint density at radius 3 is 2.53 bits per heavy atom. The van der Waals surface area contributed by atoms with Crippen LogP contribution in [0.25, 0.3) is 0 Å². The molecule has 0 bridgehead atoms. The van der Waals surface area contributed by atoms with E-state index < -0.39 is 0 Å². The first-order valence-corrected chi connectivity index (χ1v) is 6.15. The van der Waals surface area contributed by atoms with E-state index in [0.717, 1.165) is 17.3 Å². The average molecular weight is 226 g/mol. The molecule has 1 rings (SSSR count). The quantitative estimate of drug-likeness (QED) is 0.575. The highest BCUT2D eigenvalue weighted by molar-refractivity contribution is 7.99. The maximum absolute atomic E-state index is 5.52.